The van der Waals surface area contributed by atoms with Gasteiger partial charge in [0.15, 0.2) is 5.69 Å². The molecule has 112 valence electrons. The smallest absolute Gasteiger partial charge is 0.276 e. The fourth-order valence-corrected chi connectivity index (χ4v) is 2.21. The molecule has 0 atom stereocenters. The summed E-state index contributed by atoms with van der Waals surface area (Å²) in [5.41, 5.74) is 6.47. The summed E-state index contributed by atoms with van der Waals surface area (Å²) in [6.45, 7) is 1.29. The second-order valence-corrected chi connectivity index (χ2v) is 5.31. The van der Waals surface area contributed by atoms with Crippen molar-refractivity contribution in [3.05, 3.63) is 45.7 Å². The number of nitrogens with zero attached hydrogens (tertiary/aromatic N) is 4. The zero-order valence-electron chi connectivity index (χ0n) is 11.5. The van der Waals surface area contributed by atoms with Crippen molar-refractivity contribution in [2.45, 2.75) is 13.1 Å². The Bertz CT molecular complexity index is 643. The SMILES string of the molecule is CN(Cc1cccc(Cl)c1Cl)C(=O)c1cn(CCN)nn1. The molecule has 1 amide bonds. The van der Waals surface area contributed by atoms with E-state index in [1.165, 1.54) is 9.58 Å². The summed E-state index contributed by atoms with van der Waals surface area (Å²) in [6.07, 6.45) is 1.57. The van der Waals surface area contributed by atoms with Gasteiger partial charge in [0.1, 0.15) is 0 Å². The minimum atomic E-state index is -0.241. The Hall–Kier alpha value is -1.63. The van der Waals surface area contributed by atoms with Crippen molar-refractivity contribution in [2.75, 3.05) is 13.6 Å². The Labute approximate surface area is 132 Å². The van der Waals surface area contributed by atoms with Crippen LogP contribution in [0.15, 0.2) is 24.4 Å². The Morgan fingerprint density at radius 1 is 1.43 bits per heavy atom. The first-order valence-corrected chi connectivity index (χ1v) is 7.07. The van der Waals surface area contributed by atoms with Gasteiger partial charge in [-0.2, -0.15) is 0 Å². The molecule has 0 aliphatic carbocycles. The van der Waals surface area contributed by atoms with Gasteiger partial charge in [-0.15, -0.1) is 5.10 Å². The van der Waals surface area contributed by atoms with Gasteiger partial charge < -0.3 is 10.6 Å². The summed E-state index contributed by atoms with van der Waals surface area (Å²) in [5.74, 6) is -0.241. The number of amides is 1. The Morgan fingerprint density at radius 2 is 2.19 bits per heavy atom. The maximum atomic E-state index is 12.3. The molecule has 0 spiro atoms. The van der Waals surface area contributed by atoms with Crippen molar-refractivity contribution in [3.63, 3.8) is 0 Å². The Balaban J connectivity index is 2.10. The average Bonchev–Trinajstić information content (AvgIpc) is 2.92. The first-order chi connectivity index (χ1) is 10.0. The third-order valence-electron chi connectivity index (χ3n) is 2.90. The van der Waals surface area contributed by atoms with Crippen LogP contribution in [-0.2, 0) is 13.1 Å². The van der Waals surface area contributed by atoms with Crippen molar-refractivity contribution in [1.29, 1.82) is 0 Å². The first kappa shape index (κ1) is 15.8. The van der Waals surface area contributed by atoms with Crippen molar-refractivity contribution in [3.8, 4) is 0 Å². The van der Waals surface area contributed by atoms with Gasteiger partial charge in [0.2, 0.25) is 0 Å². The number of carbonyl (C=O) groups excluding carboxylic acids is 1. The molecule has 0 bridgehead atoms. The molecule has 0 aliphatic rings. The maximum absolute atomic E-state index is 12.3. The van der Waals surface area contributed by atoms with E-state index in [4.69, 9.17) is 28.9 Å². The standard InChI is InChI=1S/C13H15Cl2N5O/c1-19(7-9-3-2-4-10(14)12(9)15)13(21)11-8-20(6-5-16)18-17-11/h2-4,8H,5-7,16H2,1H3. The quantitative estimate of drug-likeness (QED) is 0.908. The lowest BCUT2D eigenvalue weighted by molar-refractivity contribution is 0.0779. The predicted molar refractivity (Wildman–Crippen MR) is 81.3 cm³/mol. The van der Waals surface area contributed by atoms with Crippen molar-refractivity contribution < 1.29 is 4.79 Å². The van der Waals surface area contributed by atoms with E-state index in [2.05, 4.69) is 10.3 Å². The molecule has 0 aliphatic heterocycles. The summed E-state index contributed by atoms with van der Waals surface area (Å²) in [5, 5.41) is 8.60. The molecule has 0 fully saturated rings. The minimum absolute atomic E-state index is 0.241. The summed E-state index contributed by atoms with van der Waals surface area (Å²) in [4.78, 5) is 13.8. The van der Waals surface area contributed by atoms with Gasteiger partial charge in [0, 0.05) is 20.1 Å². The van der Waals surface area contributed by atoms with Crippen LogP contribution >= 0.6 is 23.2 Å². The second kappa shape index (κ2) is 6.89. The maximum Gasteiger partial charge on any atom is 0.276 e. The highest BCUT2D eigenvalue weighted by Gasteiger charge is 2.17. The van der Waals surface area contributed by atoms with Crippen molar-refractivity contribution in [2.24, 2.45) is 5.73 Å². The number of halogens is 2. The van der Waals surface area contributed by atoms with E-state index in [9.17, 15) is 4.79 Å². The molecule has 0 unspecified atom stereocenters. The summed E-state index contributed by atoms with van der Waals surface area (Å²) >= 11 is 12.1. The number of hydrogen-bond acceptors (Lipinski definition) is 4. The molecule has 6 nitrogen and oxygen atoms in total. The molecule has 2 N–H and O–H groups in total. The molecule has 2 aromatic rings. The second-order valence-electron chi connectivity index (χ2n) is 4.53. The summed E-state index contributed by atoms with van der Waals surface area (Å²) in [7, 11) is 1.67. The van der Waals surface area contributed by atoms with Gasteiger partial charge in [-0.25, -0.2) is 0 Å². The normalized spacial score (nSPS) is 10.7. The zero-order chi connectivity index (χ0) is 15.4. The van der Waals surface area contributed by atoms with Crippen LogP contribution in [-0.4, -0.2) is 39.4 Å². The minimum Gasteiger partial charge on any atom is -0.336 e. The van der Waals surface area contributed by atoms with E-state index in [0.717, 1.165) is 5.56 Å². The van der Waals surface area contributed by atoms with Crippen LogP contribution in [0.3, 0.4) is 0 Å². The molecule has 1 aromatic heterocycles. The fraction of sp³-hybridized carbons (Fsp3) is 0.308. The molecule has 0 saturated heterocycles. The van der Waals surface area contributed by atoms with Crippen LogP contribution in [0.2, 0.25) is 10.0 Å². The summed E-state index contributed by atoms with van der Waals surface area (Å²) in [6, 6.07) is 5.32. The van der Waals surface area contributed by atoms with Crippen LogP contribution in [0.25, 0.3) is 0 Å². The van der Waals surface area contributed by atoms with Crippen molar-refractivity contribution in [1.82, 2.24) is 19.9 Å². The zero-order valence-corrected chi connectivity index (χ0v) is 13.0. The highest BCUT2D eigenvalue weighted by atomic mass is 35.5. The average molecular weight is 328 g/mol. The first-order valence-electron chi connectivity index (χ1n) is 6.31. The predicted octanol–water partition coefficient (Wildman–Crippen LogP) is 1.82. The number of carbonyl (C=O) groups is 1. The van der Waals surface area contributed by atoms with Gasteiger partial charge in [-0.05, 0) is 11.6 Å². The topological polar surface area (TPSA) is 77.0 Å². The largest absolute Gasteiger partial charge is 0.336 e. The van der Waals surface area contributed by atoms with Crippen LogP contribution in [0, 0.1) is 0 Å². The van der Waals surface area contributed by atoms with E-state index in [0.29, 0.717) is 29.7 Å². The van der Waals surface area contributed by atoms with Gasteiger partial charge >= 0.3 is 0 Å². The Kier molecular flexibility index (Phi) is 5.17. The fourth-order valence-electron chi connectivity index (χ4n) is 1.83. The van der Waals surface area contributed by atoms with Crippen LogP contribution in [0.5, 0.6) is 0 Å². The molecule has 0 saturated carbocycles. The molecular formula is C13H15Cl2N5O. The van der Waals surface area contributed by atoms with E-state index < -0.39 is 0 Å². The number of hydrogen-bond donors (Lipinski definition) is 1. The molecule has 1 heterocycles. The molecular weight excluding hydrogens is 313 g/mol. The molecule has 0 radical (unpaired) electrons. The number of rotatable bonds is 5. The van der Waals surface area contributed by atoms with Gasteiger partial charge in [-0.3, -0.25) is 9.48 Å². The van der Waals surface area contributed by atoms with E-state index in [-0.39, 0.29) is 11.6 Å². The highest BCUT2D eigenvalue weighted by molar-refractivity contribution is 6.42. The van der Waals surface area contributed by atoms with Gasteiger partial charge in [0.25, 0.3) is 5.91 Å². The third-order valence-corrected chi connectivity index (χ3v) is 3.76. The lowest BCUT2D eigenvalue weighted by Crippen LogP contribution is -2.26. The lowest BCUT2D eigenvalue weighted by Gasteiger charge is -2.16. The monoisotopic (exact) mass is 327 g/mol. The molecule has 21 heavy (non-hydrogen) atoms. The molecule has 8 heteroatoms. The van der Waals surface area contributed by atoms with E-state index in [1.54, 1.807) is 25.4 Å². The van der Waals surface area contributed by atoms with Gasteiger partial charge in [0.05, 0.1) is 22.8 Å². The highest BCUT2D eigenvalue weighted by Crippen LogP contribution is 2.26. The van der Waals surface area contributed by atoms with E-state index >= 15 is 0 Å². The van der Waals surface area contributed by atoms with Crippen LogP contribution in [0.1, 0.15) is 16.1 Å². The van der Waals surface area contributed by atoms with E-state index in [1.807, 2.05) is 6.07 Å². The summed E-state index contributed by atoms with van der Waals surface area (Å²) < 4.78 is 1.54. The molecule has 1 aromatic carbocycles. The number of nitrogens with two attached hydrogens (primary N) is 1. The third kappa shape index (κ3) is 3.72. The lowest BCUT2D eigenvalue weighted by atomic mass is 10.2. The number of benzene rings is 1. The van der Waals surface area contributed by atoms with Crippen LogP contribution in [0.4, 0.5) is 0 Å². The van der Waals surface area contributed by atoms with Gasteiger partial charge in [-0.1, -0.05) is 40.5 Å². The molecule has 2 rings (SSSR count). The van der Waals surface area contributed by atoms with Crippen molar-refractivity contribution >= 4 is 29.1 Å². The van der Waals surface area contributed by atoms with Crippen LogP contribution < -0.4 is 5.73 Å². The Morgan fingerprint density at radius 3 is 2.90 bits per heavy atom. The number of aromatic nitrogens is 3.